The van der Waals surface area contributed by atoms with Crippen LogP contribution in [0.3, 0.4) is 0 Å². The van der Waals surface area contributed by atoms with Crippen molar-refractivity contribution in [3.05, 3.63) is 28.3 Å². The third kappa shape index (κ3) is 1.75. The van der Waals surface area contributed by atoms with E-state index < -0.39 is 5.54 Å². The average molecular weight is 252 g/mol. The second-order valence-electron chi connectivity index (χ2n) is 4.29. The summed E-state index contributed by atoms with van der Waals surface area (Å²) in [4.78, 5) is 14.3. The monoisotopic (exact) mass is 251 g/mol. The average Bonchev–Trinajstić information content (AvgIpc) is 3.09. The van der Waals surface area contributed by atoms with Crippen LogP contribution in [0.2, 0.25) is 5.02 Å². The molecule has 0 spiro atoms. The van der Waals surface area contributed by atoms with Gasteiger partial charge in [-0.1, -0.05) is 11.6 Å². The van der Waals surface area contributed by atoms with Crippen molar-refractivity contribution in [1.29, 1.82) is 0 Å². The quantitative estimate of drug-likeness (QED) is 0.599. The second kappa shape index (κ2) is 3.84. The lowest BCUT2D eigenvalue weighted by Crippen LogP contribution is -2.13. The molecule has 1 aromatic rings. The number of benzene rings is 1. The molecule has 0 saturated heterocycles. The molecule has 17 heavy (non-hydrogen) atoms. The van der Waals surface area contributed by atoms with Gasteiger partial charge in [0.2, 0.25) is 6.08 Å². The number of aliphatic imine (C=N–C) groups is 1. The molecule has 1 fully saturated rings. The molecule has 1 aliphatic heterocycles. The maximum atomic E-state index is 10.4. The van der Waals surface area contributed by atoms with E-state index in [0.717, 1.165) is 29.7 Å². The van der Waals surface area contributed by atoms with Crippen molar-refractivity contribution in [2.24, 2.45) is 4.99 Å². The first-order chi connectivity index (χ1) is 8.25. The minimum absolute atomic E-state index is 0.248. The van der Waals surface area contributed by atoms with Gasteiger partial charge in [0.1, 0.15) is 5.75 Å². The molecule has 4 nitrogen and oxygen atoms in total. The van der Waals surface area contributed by atoms with E-state index in [1.807, 2.05) is 12.1 Å². The number of ether oxygens (including phenoxy) is 2. The summed E-state index contributed by atoms with van der Waals surface area (Å²) in [6, 6.07) is 3.69. The molecule has 0 unspecified atom stereocenters. The fraction of sp³-hybridized carbons (Fsp3) is 0.417. The molecule has 0 aromatic heterocycles. The van der Waals surface area contributed by atoms with Crippen molar-refractivity contribution in [2.75, 3.05) is 6.79 Å². The van der Waals surface area contributed by atoms with E-state index in [0.29, 0.717) is 11.6 Å². The highest BCUT2D eigenvalue weighted by molar-refractivity contribution is 6.31. The molecular weight excluding hydrogens is 242 g/mol. The van der Waals surface area contributed by atoms with Crippen molar-refractivity contribution in [3.8, 4) is 5.75 Å². The Kier molecular flexibility index (Phi) is 2.44. The summed E-state index contributed by atoms with van der Waals surface area (Å²) >= 11 is 6.22. The van der Waals surface area contributed by atoms with Crippen LogP contribution >= 0.6 is 11.6 Å². The molecular formula is C12H10ClNO3. The molecule has 0 radical (unpaired) electrons. The first-order valence-electron chi connectivity index (χ1n) is 5.38. The Labute approximate surface area is 103 Å². The van der Waals surface area contributed by atoms with Gasteiger partial charge in [0.05, 0.1) is 12.1 Å². The molecule has 1 saturated carbocycles. The zero-order valence-electron chi connectivity index (χ0n) is 9.03. The summed E-state index contributed by atoms with van der Waals surface area (Å²) < 4.78 is 10.6. The number of hydrogen-bond acceptors (Lipinski definition) is 4. The van der Waals surface area contributed by atoms with Crippen LogP contribution < -0.4 is 4.74 Å². The minimum Gasteiger partial charge on any atom is -0.467 e. The maximum absolute atomic E-state index is 10.4. The van der Waals surface area contributed by atoms with Gasteiger partial charge in [0, 0.05) is 16.1 Å². The topological polar surface area (TPSA) is 47.9 Å². The van der Waals surface area contributed by atoms with E-state index in [4.69, 9.17) is 21.1 Å². The standard InChI is InChI=1S/C12H10ClNO3/c13-10-3-8-5-16-7-17-11(8)4-9(10)12(1-2-12)14-6-15/h3-4H,1-2,5,7H2. The SMILES string of the molecule is O=C=NC1(c2cc3c(cc2Cl)COCO3)CC1. The van der Waals surface area contributed by atoms with Crippen molar-refractivity contribution >= 4 is 17.7 Å². The van der Waals surface area contributed by atoms with Crippen molar-refractivity contribution in [2.45, 2.75) is 25.0 Å². The van der Waals surface area contributed by atoms with Gasteiger partial charge >= 0.3 is 0 Å². The number of nitrogens with zero attached hydrogens (tertiary/aromatic N) is 1. The third-order valence-corrected chi connectivity index (χ3v) is 3.50. The number of rotatable bonds is 2. The van der Waals surface area contributed by atoms with Gasteiger partial charge < -0.3 is 9.47 Å². The summed E-state index contributed by atoms with van der Waals surface area (Å²) in [5.41, 5.74) is 1.31. The Balaban J connectivity index is 2.08. The summed E-state index contributed by atoms with van der Waals surface area (Å²) in [6.07, 6.45) is 3.29. The van der Waals surface area contributed by atoms with E-state index in [-0.39, 0.29) is 6.79 Å². The fourth-order valence-electron chi connectivity index (χ4n) is 2.10. The van der Waals surface area contributed by atoms with E-state index in [1.165, 1.54) is 0 Å². The predicted octanol–water partition coefficient (Wildman–Crippen LogP) is 2.53. The van der Waals surface area contributed by atoms with Crippen LogP contribution in [-0.2, 0) is 21.7 Å². The first kappa shape index (κ1) is 10.8. The normalized spacial score (nSPS) is 19.8. The molecule has 1 aromatic carbocycles. The predicted molar refractivity (Wildman–Crippen MR) is 60.8 cm³/mol. The van der Waals surface area contributed by atoms with Gasteiger partial charge in [0.25, 0.3) is 0 Å². The molecule has 2 aliphatic rings. The van der Waals surface area contributed by atoms with Crippen LogP contribution in [0.5, 0.6) is 5.75 Å². The molecule has 5 heteroatoms. The lowest BCUT2D eigenvalue weighted by molar-refractivity contribution is -0.0164. The molecule has 1 heterocycles. The van der Waals surface area contributed by atoms with Crippen LogP contribution in [0.15, 0.2) is 17.1 Å². The summed E-state index contributed by atoms with van der Waals surface area (Å²) in [7, 11) is 0. The van der Waals surface area contributed by atoms with Crippen LogP contribution in [0, 0.1) is 0 Å². The van der Waals surface area contributed by atoms with E-state index in [2.05, 4.69) is 4.99 Å². The number of isocyanates is 1. The Morgan fingerprint density at radius 2 is 2.24 bits per heavy atom. The van der Waals surface area contributed by atoms with Gasteiger partial charge in [0.15, 0.2) is 6.79 Å². The maximum Gasteiger partial charge on any atom is 0.235 e. The summed E-state index contributed by atoms with van der Waals surface area (Å²) in [5, 5.41) is 0.606. The van der Waals surface area contributed by atoms with Gasteiger partial charge in [-0.2, -0.15) is 4.99 Å². The van der Waals surface area contributed by atoms with Crippen molar-refractivity contribution in [3.63, 3.8) is 0 Å². The molecule has 3 rings (SSSR count). The number of fused-ring (bicyclic) bond motifs is 1. The van der Waals surface area contributed by atoms with Gasteiger partial charge in [-0.3, -0.25) is 0 Å². The highest BCUT2D eigenvalue weighted by Gasteiger charge is 2.46. The van der Waals surface area contributed by atoms with Crippen LogP contribution in [0.4, 0.5) is 0 Å². The zero-order chi connectivity index (χ0) is 11.9. The smallest absolute Gasteiger partial charge is 0.235 e. The minimum atomic E-state index is -0.463. The van der Waals surface area contributed by atoms with Crippen LogP contribution in [-0.4, -0.2) is 12.9 Å². The molecule has 0 bridgehead atoms. The second-order valence-corrected chi connectivity index (χ2v) is 4.69. The fourth-order valence-corrected chi connectivity index (χ4v) is 2.46. The molecule has 1 aliphatic carbocycles. The summed E-state index contributed by atoms with van der Waals surface area (Å²) in [5.74, 6) is 0.767. The lowest BCUT2D eigenvalue weighted by Gasteiger charge is -2.20. The van der Waals surface area contributed by atoms with Gasteiger partial charge in [-0.05, 0) is 25.0 Å². The van der Waals surface area contributed by atoms with E-state index >= 15 is 0 Å². The van der Waals surface area contributed by atoms with Crippen LogP contribution in [0.25, 0.3) is 0 Å². The molecule has 88 valence electrons. The number of hydrogen-bond donors (Lipinski definition) is 0. The number of carbonyl (C=O) groups excluding carboxylic acids is 1. The Morgan fingerprint density at radius 1 is 1.41 bits per heavy atom. The first-order valence-corrected chi connectivity index (χ1v) is 5.75. The molecule has 0 atom stereocenters. The van der Waals surface area contributed by atoms with Crippen LogP contribution in [0.1, 0.15) is 24.0 Å². The summed E-state index contributed by atoms with van der Waals surface area (Å²) in [6.45, 7) is 0.747. The Hall–Kier alpha value is -1.35. The Bertz CT molecular complexity index is 519. The Morgan fingerprint density at radius 3 is 2.94 bits per heavy atom. The lowest BCUT2D eigenvalue weighted by atomic mass is 10.0. The molecule has 0 N–H and O–H groups in total. The molecule has 0 amide bonds. The van der Waals surface area contributed by atoms with Crippen molar-refractivity contribution < 1.29 is 14.3 Å². The van der Waals surface area contributed by atoms with Crippen molar-refractivity contribution in [1.82, 2.24) is 0 Å². The largest absolute Gasteiger partial charge is 0.467 e. The zero-order valence-corrected chi connectivity index (χ0v) is 9.79. The van der Waals surface area contributed by atoms with E-state index in [9.17, 15) is 4.79 Å². The third-order valence-electron chi connectivity index (χ3n) is 3.19. The van der Waals surface area contributed by atoms with Gasteiger partial charge in [-0.15, -0.1) is 0 Å². The highest BCUT2D eigenvalue weighted by atomic mass is 35.5. The van der Waals surface area contributed by atoms with E-state index in [1.54, 1.807) is 6.08 Å². The number of halogens is 1. The highest BCUT2D eigenvalue weighted by Crippen LogP contribution is 2.52. The van der Waals surface area contributed by atoms with Gasteiger partial charge in [-0.25, -0.2) is 4.79 Å².